The highest BCUT2D eigenvalue weighted by Gasteiger charge is 2.28. The van der Waals surface area contributed by atoms with E-state index in [4.69, 9.17) is 9.47 Å². The molecule has 0 spiro atoms. The predicted octanol–water partition coefficient (Wildman–Crippen LogP) is 3.52. The average molecular weight is 350 g/mol. The van der Waals surface area contributed by atoms with Crippen molar-refractivity contribution < 1.29 is 19.1 Å². The highest BCUT2D eigenvalue weighted by atomic mass is 79.9. The van der Waals surface area contributed by atoms with E-state index in [2.05, 4.69) is 27.8 Å². The third kappa shape index (κ3) is 9.83. The summed E-state index contributed by atoms with van der Waals surface area (Å²) < 4.78 is 11.0. The van der Waals surface area contributed by atoms with Crippen LogP contribution in [0.4, 0.5) is 4.79 Å². The van der Waals surface area contributed by atoms with E-state index in [1.807, 2.05) is 0 Å². The molecule has 0 aromatic heterocycles. The number of hydrogen-bond acceptors (Lipinski definition) is 4. The Bertz CT molecular complexity index is 380. The summed E-state index contributed by atoms with van der Waals surface area (Å²) in [4.78, 5) is 23.8. The van der Waals surface area contributed by atoms with Crippen molar-refractivity contribution in [2.45, 2.75) is 65.2 Å². The second-order valence-electron chi connectivity index (χ2n) is 6.45. The third-order valence-corrected chi connectivity index (χ3v) is 2.13. The molecule has 0 saturated carbocycles. The van der Waals surface area contributed by atoms with Gasteiger partial charge in [-0.2, -0.15) is 0 Å². The zero-order valence-electron chi connectivity index (χ0n) is 13.0. The normalized spacial score (nSPS) is 13.3. The maximum absolute atomic E-state index is 12.0. The van der Waals surface area contributed by atoms with Gasteiger partial charge in [-0.15, -0.1) is 0 Å². The lowest BCUT2D eigenvalue weighted by atomic mass is 10.1. The predicted molar refractivity (Wildman–Crippen MR) is 81.7 cm³/mol. The van der Waals surface area contributed by atoms with Gasteiger partial charge in [-0.3, -0.25) is 0 Å². The SMILES string of the molecule is C=C(Br)C[C@H](NC(=O)OC(C)(C)C)C(=O)OC(C)(C)C. The second-order valence-corrected chi connectivity index (χ2v) is 7.58. The summed E-state index contributed by atoms with van der Waals surface area (Å²) in [5.41, 5.74) is -1.26. The van der Waals surface area contributed by atoms with Crippen LogP contribution in [0.25, 0.3) is 0 Å². The number of hydrogen-bond donors (Lipinski definition) is 1. The largest absolute Gasteiger partial charge is 0.458 e. The van der Waals surface area contributed by atoms with Gasteiger partial charge in [-0.25, -0.2) is 9.59 Å². The zero-order chi connectivity index (χ0) is 16.1. The molecule has 0 bridgehead atoms. The molecular formula is C14H24BrNO4. The van der Waals surface area contributed by atoms with E-state index < -0.39 is 29.3 Å². The molecule has 1 amide bonds. The maximum atomic E-state index is 12.0. The minimum Gasteiger partial charge on any atom is -0.458 e. The van der Waals surface area contributed by atoms with E-state index in [-0.39, 0.29) is 6.42 Å². The molecule has 0 saturated heterocycles. The van der Waals surface area contributed by atoms with Crippen molar-refractivity contribution in [1.29, 1.82) is 0 Å². The molecule has 0 aromatic rings. The molecule has 1 atom stereocenters. The first kappa shape index (κ1) is 19.0. The molecule has 0 heterocycles. The molecule has 20 heavy (non-hydrogen) atoms. The van der Waals surface area contributed by atoms with E-state index in [1.165, 1.54) is 0 Å². The molecular weight excluding hydrogens is 326 g/mol. The van der Waals surface area contributed by atoms with Gasteiger partial charge in [0.2, 0.25) is 0 Å². The van der Waals surface area contributed by atoms with E-state index in [1.54, 1.807) is 41.5 Å². The summed E-state index contributed by atoms with van der Waals surface area (Å²) in [5, 5.41) is 2.50. The minimum atomic E-state index is -0.837. The summed E-state index contributed by atoms with van der Waals surface area (Å²) >= 11 is 3.18. The van der Waals surface area contributed by atoms with Gasteiger partial charge in [0.25, 0.3) is 0 Å². The lowest BCUT2D eigenvalue weighted by molar-refractivity contribution is -0.157. The van der Waals surface area contributed by atoms with Crippen molar-refractivity contribution in [3.05, 3.63) is 11.1 Å². The summed E-state index contributed by atoms with van der Waals surface area (Å²) in [7, 11) is 0. The number of carbonyl (C=O) groups is 2. The molecule has 1 N–H and O–H groups in total. The first-order chi connectivity index (χ1) is 8.80. The fourth-order valence-electron chi connectivity index (χ4n) is 1.24. The lowest BCUT2D eigenvalue weighted by Gasteiger charge is -2.26. The summed E-state index contributed by atoms with van der Waals surface area (Å²) in [6.07, 6.45) is -0.434. The number of ether oxygens (including phenoxy) is 2. The summed E-state index contributed by atoms with van der Waals surface area (Å²) in [6, 6.07) is -0.837. The van der Waals surface area contributed by atoms with Gasteiger partial charge in [0.15, 0.2) is 0 Å². The Kier molecular flexibility index (Phi) is 6.74. The number of nitrogens with one attached hydrogen (secondary N) is 1. The molecule has 0 rings (SSSR count). The monoisotopic (exact) mass is 349 g/mol. The van der Waals surface area contributed by atoms with Gasteiger partial charge < -0.3 is 14.8 Å². The van der Waals surface area contributed by atoms with Gasteiger partial charge in [0.05, 0.1) is 0 Å². The number of amides is 1. The van der Waals surface area contributed by atoms with Crippen molar-refractivity contribution in [1.82, 2.24) is 5.32 Å². The first-order valence-electron chi connectivity index (χ1n) is 6.36. The quantitative estimate of drug-likeness (QED) is 0.788. The second kappa shape index (κ2) is 7.11. The van der Waals surface area contributed by atoms with Crippen LogP contribution in [0.15, 0.2) is 11.1 Å². The van der Waals surface area contributed by atoms with Crippen LogP contribution in [0.5, 0.6) is 0 Å². The van der Waals surface area contributed by atoms with Crippen LogP contribution in [0.2, 0.25) is 0 Å². The van der Waals surface area contributed by atoms with Crippen LogP contribution in [0.3, 0.4) is 0 Å². The smallest absolute Gasteiger partial charge is 0.408 e. The van der Waals surface area contributed by atoms with E-state index in [9.17, 15) is 9.59 Å². The van der Waals surface area contributed by atoms with Crippen molar-refractivity contribution in [2.24, 2.45) is 0 Å². The maximum Gasteiger partial charge on any atom is 0.408 e. The number of alkyl carbamates (subject to hydrolysis) is 1. The molecule has 5 nitrogen and oxygen atoms in total. The van der Waals surface area contributed by atoms with Gasteiger partial charge in [0, 0.05) is 6.42 Å². The lowest BCUT2D eigenvalue weighted by Crippen LogP contribution is -2.46. The Balaban J connectivity index is 4.77. The van der Waals surface area contributed by atoms with Crippen LogP contribution in [0, 0.1) is 0 Å². The van der Waals surface area contributed by atoms with Crippen LogP contribution in [0.1, 0.15) is 48.0 Å². The average Bonchev–Trinajstić information content (AvgIpc) is 2.09. The van der Waals surface area contributed by atoms with E-state index in [0.717, 1.165) is 0 Å². The molecule has 0 fully saturated rings. The Morgan fingerprint density at radius 1 is 1.10 bits per heavy atom. The Labute approximate surface area is 129 Å². The summed E-state index contributed by atoms with van der Waals surface area (Å²) in [6.45, 7) is 14.2. The Morgan fingerprint density at radius 2 is 1.55 bits per heavy atom. The fourth-order valence-corrected chi connectivity index (χ4v) is 1.56. The van der Waals surface area contributed by atoms with E-state index >= 15 is 0 Å². The zero-order valence-corrected chi connectivity index (χ0v) is 14.6. The number of rotatable bonds is 4. The van der Waals surface area contributed by atoms with Crippen molar-refractivity contribution in [2.75, 3.05) is 0 Å². The van der Waals surface area contributed by atoms with Gasteiger partial charge in [-0.05, 0) is 46.0 Å². The number of esters is 1. The van der Waals surface area contributed by atoms with Crippen molar-refractivity contribution >= 4 is 28.0 Å². The number of carbonyl (C=O) groups excluding carboxylic acids is 2. The standard InChI is InChI=1S/C14H24BrNO4/c1-9(15)8-10(11(17)19-13(2,3)4)16-12(18)20-14(5,6)7/h10H,1,8H2,2-7H3,(H,16,18)/t10-/m0/s1. The molecule has 6 heteroatoms. The highest BCUT2D eigenvalue weighted by molar-refractivity contribution is 9.11. The van der Waals surface area contributed by atoms with Crippen LogP contribution < -0.4 is 5.32 Å². The minimum absolute atomic E-state index is 0.230. The van der Waals surface area contributed by atoms with Crippen molar-refractivity contribution in [3.63, 3.8) is 0 Å². The summed E-state index contributed by atoms with van der Waals surface area (Å²) in [5.74, 6) is -0.524. The van der Waals surface area contributed by atoms with Gasteiger partial charge in [-0.1, -0.05) is 22.5 Å². The van der Waals surface area contributed by atoms with Crippen LogP contribution in [-0.2, 0) is 14.3 Å². The fraction of sp³-hybridized carbons (Fsp3) is 0.714. The Hall–Kier alpha value is -1.04. The van der Waals surface area contributed by atoms with Crippen LogP contribution >= 0.6 is 15.9 Å². The molecule has 116 valence electrons. The first-order valence-corrected chi connectivity index (χ1v) is 7.15. The molecule has 0 aliphatic heterocycles. The van der Waals surface area contributed by atoms with Crippen LogP contribution in [-0.4, -0.2) is 29.3 Å². The highest BCUT2D eigenvalue weighted by Crippen LogP contribution is 2.16. The van der Waals surface area contributed by atoms with E-state index in [0.29, 0.717) is 4.48 Å². The molecule has 0 radical (unpaired) electrons. The Morgan fingerprint density at radius 3 is 1.90 bits per heavy atom. The van der Waals surface area contributed by atoms with Gasteiger partial charge in [0.1, 0.15) is 17.2 Å². The molecule has 0 unspecified atom stereocenters. The topological polar surface area (TPSA) is 64.6 Å². The van der Waals surface area contributed by atoms with Crippen molar-refractivity contribution in [3.8, 4) is 0 Å². The molecule has 0 aliphatic rings. The molecule has 0 aliphatic carbocycles. The molecule has 0 aromatic carbocycles. The third-order valence-electron chi connectivity index (χ3n) is 1.81. The number of halogens is 1. The van der Waals surface area contributed by atoms with Gasteiger partial charge >= 0.3 is 12.1 Å².